The Kier molecular flexibility index (Phi) is 7.87. The molecule has 6 heteroatoms. The normalized spacial score (nSPS) is 15.1. The second kappa shape index (κ2) is 9.90. The topological polar surface area (TPSA) is 36.7 Å². The van der Waals surface area contributed by atoms with Gasteiger partial charge in [0.05, 0.1) is 11.6 Å². The first-order valence-corrected chi connectivity index (χ1v) is 8.78. The first-order chi connectivity index (χ1) is 12.3. The molecular formula is C21H24Cl2N2O2. The summed E-state index contributed by atoms with van der Waals surface area (Å²) in [5.41, 5.74) is 2.85. The Hall–Kier alpha value is -1.85. The predicted molar refractivity (Wildman–Crippen MR) is 114 cm³/mol. The largest absolute Gasteiger partial charge is 0.464 e. The van der Waals surface area contributed by atoms with Crippen molar-refractivity contribution in [2.45, 2.75) is 13.1 Å². The van der Waals surface area contributed by atoms with E-state index >= 15 is 0 Å². The molecule has 4 nitrogen and oxygen atoms in total. The van der Waals surface area contributed by atoms with Crippen molar-refractivity contribution >= 4 is 35.8 Å². The van der Waals surface area contributed by atoms with Crippen LogP contribution in [0.5, 0.6) is 0 Å². The summed E-state index contributed by atoms with van der Waals surface area (Å²) in [5.74, 6) is 0. The lowest BCUT2D eigenvalue weighted by atomic mass is 10.1. The van der Waals surface area contributed by atoms with Crippen LogP contribution in [0.1, 0.15) is 11.1 Å². The highest BCUT2D eigenvalue weighted by Gasteiger charge is 2.18. The van der Waals surface area contributed by atoms with E-state index in [1.165, 1.54) is 5.56 Å². The van der Waals surface area contributed by atoms with Gasteiger partial charge >= 0.3 is 0 Å². The molecule has 3 aromatic rings. The molecule has 4 rings (SSSR count). The van der Waals surface area contributed by atoms with Crippen molar-refractivity contribution in [3.05, 3.63) is 82.2 Å². The first-order valence-electron chi connectivity index (χ1n) is 8.78. The van der Waals surface area contributed by atoms with Gasteiger partial charge < -0.3 is 4.42 Å². The molecule has 0 N–H and O–H groups in total. The average molecular weight is 407 g/mol. The third-order valence-electron chi connectivity index (χ3n) is 4.86. The Morgan fingerprint density at radius 3 is 2.07 bits per heavy atom. The van der Waals surface area contributed by atoms with Crippen LogP contribution in [0.25, 0.3) is 11.0 Å². The molecule has 1 saturated heterocycles. The summed E-state index contributed by atoms with van der Waals surface area (Å²) in [6.07, 6.45) is 1.63. The van der Waals surface area contributed by atoms with Gasteiger partial charge in [-0.1, -0.05) is 42.5 Å². The Labute approximate surface area is 171 Å². The molecule has 0 radical (unpaired) electrons. The molecule has 0 saturated carbocycles. The number of para-hydroxylation sites is 1. The van der Waals surface area contributed by atoms with Crippen molar-refractivity contribution in [3.8, 4) is 0 Å². The van der Waals surface area contributed by atoms with Crippen LogP contribution in [0.15, 0.2) is 70.1 Å². The summed E-state index contributed by atoms with van der Waals surface area (Å²) >= 11 is 0. The Balaban J connectivity index is 0.00000131. The number of nitrogens with zero attached hydrogens (tertiary/aromatic N) is 2. The lowest BCUT2D eigenvalue weighted by molar-refractivity contribution is 0.121. The van der Waals surface area contributed by atoms with Gasteiger partial charge in [0.1, 0.15) is 5.58 Å². The zero-order valence-electron chi connectivity index (χ0n) is 15.0. The monoisotopic (exact) mass is 406 g/mol. The highest BCUT2D eigenvalue weighted by Crippen LogP contribution is 2.13. The highest BCUT2D eigenvalue weighted by atomic mass is 35.5. The van der Waals surface area contributed by atoms with E-state index in [1.54, 1.807) is 6.26 Å². The molecular weight excluding hydrogens is 383 g/mol. The molecule has 0 aliphatic carbocycles. The average Bonchev–Trinajstić information content (AvgIpc) is 2.67. The lowest BCUT2D eigenvalue weighted by Gasteiger charge is -2.34. The SMILES string of the molecule is Cl.Cl.O=c1c(CN2CCN(Cc3ccccc3)CC2)coc2ccccc12. The number of hydrogen-bond donors (Lipinski definition) is 0. The minimum atomic E-state index is 0. The van der Waals surface area contributed by atoms with Gasteiger partial charge in [-0.3, -0.25) is 14.6 Å². The predicted octanol–water partition coefficient (Wildman–Crippen LogP) is 3.95. The summed E-state index contributed by atoms with van der Waals surface area (Å²) < 4.78 is 5.63. The van der Waals surface area contributed by atoms with Gasteiger partial charge in [-0.15, -0.1) is 24.8 Å². The van der Waals surface area contributed by atoms with E-state index in [0.717, 1.165) is 38.3 Å². The zero-order chi connectivity index (χ0) is 17.1. The molecule has 144 valence electrons. The van der Waals surface area contributed by atoms with Crippen molar-refractivity contribution in [1.29, 1.82) is 0 Å². The fourth-order valence-corrected chi connectivity index (χ4v) is 3.42. The molecule has 1 aromatic heterocycles. The van der Waals surface area contributed by atoms with Crippen LogP contribution < -0.4 is 5.43 Å². The fraction of sp³-hybridized carbons (Fsp3) is 0.286. The van der Waals surface area contributed by atoms with E-state index < -0.39 is 0 Å². The minimum absolute atomic E-state index is 0. The third kappa shape index (κ3) is 5.11. The summed E-state index contributed by atoms with van der Waals surface area (Å²) in [6, 6.07) is 18.0. The number of piperazine rings is 1. The molecule has 0 bridgehead atoms. The quantitative estimate of drug-likeness (QED) is 0.656. The standard InChI is InChI=1S/C21H22N2O2.2ClH/c24-21-18(16-25-20-9-5-4-8-19(20)21)15-23-12-10-22(11-13-23)14-17-6-2-1-3-7-17;;/h1-9,16H,10-15H2;2*1H. The van der Waals surface area contributed by atoms with E-state index in [0.29, 0.717) is 17.5 Å². The van der Waals surface area contributed by atoms with Gasteiger partial charge in [0.25, 0.3) is 0 Å². The minimum Gasteiger partial charge on any atom is -0.464 e. The van der Waals surface area contributed by atoms with Crippen molar-refractivity contribution in [2.24, 2.45) is 0 Å². The summed E-state index contributed by atoms with van der Waals surface area (Å²) in [7, 11) is 0. The number of fused-ring (bicyclic) bond motifs is 1. The third-order valence-corrected chi connectivity index (χ3v) is 4.86. The van der Waals surface area contributed by atoms with Gasteiger partial charge in [0.2, 0.25) is 0 Å². The zero-order valence-corrected chi connectivity index (χ0v) is 16.7. The van der Waals surface area contributed by atoms with Gasteiger partial charge in [0.15, 0.2) is 5.43 Å². The van der Waals surface area contributed by atoms with Crippen molar-refractivity contribution < 1.29 is 4.42 Å². The molecule has 27 heavy (non-hydrogen) atoms. The summed E-state index contributed by atoms with van der Waals surface area (Å²) in [5, 5.41) is 0.669. The van der Waals surface area contributed by atoms with Crippen molar-refractivity contribution in [1.82, 2.24) is 9.80 Å². The van der Waals surface area contributed by atoms with Gasteiger partial charge in [-0.2, -0.15) is 0 Å². The maximum atomic E-state index is 12.6. The van der Waals surface area contributed by atoms with E-state index in [-0.39, 0.29) is 30.2 Å². The molecule has 0 spiro atoms. The number of benzene rings is 2. The van der Waals surface area contributed by atoms with E-state index in [9.17, 15) is 4.79 Å². The number of halogens is 2. The van der Waals surface area contributed by atoms with Crippen LogP contribution >= 0.6 is 24.8 Å². The van der Waals surface area contributed by atoms with Crippen LogP contribution in [-0.2, 0) is 13.1 Å². The van der Waals surface area contributed by atoms with Crippen LogP contribution in [0.3, 0.4) is 0 Å². The van der Waals surface area contributed by atoms with Crippen LogP contribution in [0, 0.1) is 0 Å². The fourth-order valence-electron chi connectivity index (χ4n) is 3.42. The number of hydrogen-bond acceptors (Lipinski definition) is 4. The smallest absolute Gasteiger partial charge is 0.197 e. The Bertz CT molecular complexity index is 907. The molecule has 0 unspecified atom stereocenters. The van der Waals surface area contributed by atoms with Crippen LogP contribution in [0.4, 0.5) is 0 Å². The second-order valence-corrected chi connectivity index (χ2v) is 6.62. The van der Waals surface area contributed by atoms with Crippen molar-refractivity contribution in [3.63, 3.8) is 0 Å². The lowest BCUT2D eigenvalue weighted by Crippen LogP contribution is -2.45. The van der Waals surface area contributed by atoms with Gasteiger partial charge in [-0.05, 0) is 17.7 Å². The maximum absolute atomic E-state index is 12.6. The van der Waals surface area contributed by atoms with Crippen LogP contribution in [-0.4, -0.2) is 36.0 Å². The van der Waals surface area contributed by atoms with E-state index in [4.69, 9.17) is 4.42 Å². The maximum Gasteiger partial charge on any atom is 0.197 e. The Morgan fingerprint density at radius 1 is 0.778 bits per heavy atom. The molecule has 0 amide bonds. The molecule has 2 heterocycles. The molecule has 0 atom stereocenters. The first kappa shape index (κ1) is 21.5. The second-order valence-electron chi connectivity index (χ2n) is 6.62. The summed E-state index contributed by atoms with van der Waals surface area (Å²) in [4.78, 5) is 17.4. The summed E-state index contributed by atoms with van der Waals surface area (Å²) in [6.45, 7) is 5.64. The Morgan fingerprint density at radius 2 is 1.37 bits per heavy atom. The number of rotatable bonds is 4. The molecule has 1 aliphatic heterocycles. The highest BCUT2D eigenvalue weighted by molar-refractivity contribution is 5.85. The molecule has 1 aliphatic rings. The molecule has 1 fully saturated rings. The molecule has 2 aromatic carbocycles. The van der Waals surface area contributed by atoms with Crippen molar-refractivity contribution in [2.75, 3.05) is 26.2 Å². The van der Waals surface area contributed by atoms with E-state index in [2.05, 4.69) is 40.1 Å². The van der Waals surface area contributed by atoms with E-state index in [1.807, 2.05) is 24.3 Å². The van der Waals surface area contributed by atoms with Crippen LogP contribution in [0.2, 0.25) is 0 Å². The van der Waals surface area contributed by atoms with Gasteiger partial charge in [-0.25, -0.2) is 0 Å². The van der Waals surface area contributed by atoms with Gasteiger partial charge in [0, 0.05) is 44.8 Å².